The van der Waals surface area contributed by atoms with Crippen molar-refractivity contribution in [1.29, 1.82) is 0 Å². The van der Waals surface area contributed by atoms with Gasteiger partial charge in [-0.1, -0.05) is 300 Å². The quantitative estimate of drug-likeness (QED) is 0.0261. The number of unbranched alkanes of at least 4 members (excludes halogenated alkanes) is 39. The first-order chi connectivity index (χ1) is 37.0. The Hall–Kier alpha value is -2.89. The topological polar surface area (TPSA) is 78.9 Å². The van der Waals surface area contributed by atoms with Gasteiger partial charge in [-0.05, 0) is 83.5 Å². The Morgan fingerprint density at radius 3 is 0.827 bits per heavy atom. The van der Waals surface area contributed by atoms with E-state index in [1.165, 1.54) is 212 Å². The zero-order chi connectivity index (χ0) is 54.3. The molecule has 0 saturated heterocycles. The van der Waals surface area contributed by atoms with Crippen LogP contribution in [0.3, 0.4) is 0 Å². The van der Waals surface area contributed by atoms with Gasteiger partial charge in [0.15, 0.2) is 6.10 Å². The van der Waals surface area contributed by atoms with Crippen molar-refractivity contribution in [2.24, 2.45) is 0 Å². The minimum atomic E-state index is -0.774. The average molecular weight is 1050 g/mol. The highest BCUT2D eigenvalue weighted by Gasteiger charge is 2.19. The van der Waals surface area contributed by atoms with E-state index < -0.39 is 6.10 Å². The lowest BCUT2D eigenvalue weighted by Gasteiger charge is -2.18. The van der Waals surface area contributed by atoms with E-state index in [1.54, 1.807) is 0 Å². The minimum Gasteiger partial charge on any atom is -0.462 e. The molecule has 0 heterocycles. The molecule has 0 saturated carbocycles. The SMILES string of the molecule is CC/C=C\C/C=C\C/C=C\C/C=C\CCCCCCCCCCCCCCCCCCCCC(=O)OCC(COC(=O)CCCCCCCCCCCCC)OC(=O)CCCCCCC/C=C\CCCCCCCC. The summed E-state index contributed by atoms with van der Waals surface area (Å²) in [5.41, 5.74) is 0. The Kier molecular flexibility index (Phi) is 61.2. The summed E-state index contributed by atoms with van der Waals surface area (Å²) in [4.78, 5) is 38.2. The first-order valence-electron chi connectivity index (χ1n) is 32.8. The van der Waals surface area contributed by atoms with Gasteiger partial charge in [-0.3, -0.25) is 14.4 Å². The van der Waals surface area contributed by atoms with Crippen LogP contribution in [0, 0.1) is 0 Å². The summed E-state index contributed by atoms with van der Waals surface area (Å²) in [5, 5.41) is 0. The zero-order valence-corrected chi connectivity index (χ0v) is 50.1. The third-order valence-electron chi connectivity index (χ3n) is 14.5. The summed E-state index contributed by atoms with van der Waals surface area (Å²) in [6.07, 6.45) is 81.0. The molecule has 6 nitrogen and oxygen atoms in total. The van der Waals surface area contributed by atoms with E-state index in [-0.39, 0.29) is 31.1 Å². The van der Waals surface area contributed by atoms with Crippen molar-refractivity contribution in [2.75, 3.05) is 13.2 Å². The van der Waals surface area contributed by atoms with Gasteiger partial charge < -0.3 is 14.2 Å². The smallest absolute Gasteiger partial charge is 0.306 e. The van der Waals surface area contributed by atoms with Gasteiger partial charge >= 0.3 is 17.9 Å². The zero-order valence-electron chi connectivity index (χ0n) is 50.1. The van der Waals surface area contributed by atoms with Crippen LogP contribution < -0.4 is 0 Å². The van der Waals surface area contributed by atoms with Crippen LogP contribution >= 0.6 is 0 Å². The fraction of sp³-hybridized carbons (Fsp3) is 0.812. The highest BCUT2D eigenvalue weighted by molar-refractivity contribution is 5.71. The highest BCUT2D eigenvalue weighted by Crippen LogP contribution is 2.17. The maximum Gasteiger partial charge on any atom is 0.306 e. The van der Waals surface area contributed by atoms with E-state index in [0.717, 1.165) is 89.9 Å². The fourth-order valence-corrected chi connectivity index (χ4v) is 9.61. The molecule has 0 aromatic heterocycles. The van der Waals surface area contributed by atoms with Crippen molar-refractivity contribution < 1.29 is 28.6 Å². The maximum atomic E-state index is 12.9. The minimum absolute atomic E-state index is 0.0719. The summed E-state index contributed by atoms with van der Waals surface area (Å²) in [5.74, 6) is -0.862. The van der Waals surface area contributed by atoms with Gasteiger partial charge in [-0.25, -0.2) is 0 Å². The largest absolute Gasteiger partial charge is 0.462 e. The number of carbonyl (C=O) groups excluding carboxylic acids is 3. The summed E-state index contributed by atoms with van der Waals surface area (Å²) in [6.45, 7) is 6.55. The number of esters is 3. The molecule has 75 heavy (non-hydrogen) atoms. The molecule has 0 aliphatic rings. The van der Waals surface area contributed by atoms with Crippen molar-refractivity contribution in [3.8, 4) is 0 Å². The molecule has 0 aliphatic carbocycles. The molecule has 0 spiro atoms. The Labute approximate surface area is 466 Å². The number of hydrogen-bond acceptors (Lipinski definition) is 6. The molecular formula is C69H124O6. The fourth-order valence-electron chi connectivity index (χ4n) is 9.61. The lowest BCUT2D eigenvalue weighted by atomic mass is 10.0. The van der Waals surface area contributed by atoms with E-state index in [1.807, 2.05) is 0 Å². The summed E-state index contributed by atoms with van der Waals surface area (Å²) in [7, 11) is 0. The normalized spacial score (nSPS) is 12.4. The molecule has 6 heteroatoms. The van der Waals surface area contributed by atoms with Gasteiger partial charge in [0.25, 0.3) is 0 Å². The van der Waals surface area contributed by atoms with Crippen LogP contribution in [0.1, 0.15) is 342 Å². The van der Waals surface area contributed by atoms with Gasteiger partial charge in [0.1, 0.15) is 13.2 Å². The van der Waals surface area contributed by atoms with Crippen molar-refractivity contribution in [1.82, 2.24) is 0 Å². The van der Waals surface area contributed by atoms with Crippen molar-refractivity contribution in [2.45, 2.75) is 348 Å². The van der Waals surface area contributed by atoms with Crippen molar-refractivity contribution >= 4 is 17.9 Å². The molecule has 436 valence electrons. The molecule has 0 radical (unpaired) electrons. The Morgan fingerprint density at radius 2 is 0.520 bits per heavy atom. The second-order valence-electron chi connectivity index (χ2n) is 22.0. The molecule has 0 amide bonds. The third kappa shape index (κ3) is 61.8. The van der Waals surface area contributed by atoms with Gasteiger partial charge in [-0.2, -0.15) is 0 Å². The van der Waals surface area contributed by atoms with Crippen LogP contribution in [-0.2, 0) is 28.6 Å². The predicted molar refractivity (Wildman–Crippen MR) is 325 cm³/mol. The first kappa shape index (κ1) is 72.1. The van der Waals surface area contributed by atoms with Crippen LogP contribution in [0.2, 0.25) is 0 Å². The van der Waals surface area contributed by atoms with E-state index >= 15 is 0 Å². The number of carbonyl (C=O) groups is 3. The monoisotopic (exact) mass is 1050 g/mol. The molecule has 0 N–H and O–H groups in total. The molecule has 0 bridgehead atoms. The van der Waals surface area contributed by atoms with Gasteiger partial charge in [0.05, 0.1) is 0 Å². The molecule has 0 aliphatic heterocycles. The number of ether oxygens (including phenoxy) is 3. The predicted octanol–water partition coefficient (Wildman–Crippen LogP) is 22.3. The maximum absolute atomic E-state index is 12.9. The number of allylic oxidation sites excluding steroid dienone is 10. The Morgan fingerprint density at radius 1 is 0.280 bits per heavy atom. The molecule has 0 fully saturated rings. The van der Waals surface area contributed by atoms with Gasteiger partial charge in [-0.15, -0.1) is 0 Å². The standard InChI is InChI=1S/C69H124O6/c1-4-7-10-13-16-19-22-24-26-27-28-29-30-31-32-33-34-35-36-37-38-39-40-41-43-44-47-50-53-56-59-62-68(71)74-65-66(64-73-67(70)61-58-55-52-49-46-21-18-15-12-9-6-3)75-69(72)63-60-57-54-51-48-45-42-25-23-20-17-14-11-8-5-2/h7,10,16,19,24-26,28-29,42,66H,4-6,8-9,11-15,17-18,20-23,27,30-41,43-65H2,1-3H3/b10-7-,19-16-,26-24-,29-28-,42-25-. The lowest BCUT2D eigenvalue weighted by molar-refractivity contribution is -0.167. The van der Waals surface area contributed by atoms with Crippen LogP contribution in [-0.4, -0.2) is 37.2 Å². The van der Waals surface area contributed by atoms with E-state index in [4.69, 9.17) is 14.2 Å². The second-order valence-corrected chi connectivity index (χ2v) is 22.0. The third-order valence-corrected chi connectivity index (χ3v) is 14.5. The number of hydrogen-bond donors (Lipinski definition) is 0. The van der Waals surface area contributed by atoms with E-state index in [2.05, 4.69) is 81.5 Å². The van der Waals surface area contributed by atoms with Gasteiger partial charge in [0.2, 0.25) is 0 Å². The lowest BCUT2D eigenvalue weighted by Crippen LogP contribution is -2.30. The molecule has 1 atom stereocenters. The molecular weight excluding hydrogens is 925 g/mol. The second kappa shape index (κ2) is 63.6. The van der Waals surface area contributed by atoms with E-state index in [0.29, 0.717) is 19.3 Å². The molecule has 0 aromatic carbocycles. The van der Waals surface area contributed by atoms with Crippen molar-refractivity contribution in [3.05, 3.63) is 60.8 Å². The van der Waals surface area contributed by atoms with Crippen molar-refractivity contribution in [3.63, 3.8) is 0 Å². The van der Waals surface area contributed by atoms with E-state index in [9.17, 15) is 14.4 Å². The van der Waals surface area contributed by atoms with Crippen LogP contribution in [0.25, 0.3) is 0 Å². The molecule has 1 unspecified atom stereocenters. The summed E-state index contributed by atoms with van der Waals surface area (Å²) >= 11 is 0. The number of rotatable bonds is 60. The highest BCUT2D eigenvalue weighted by atomic mass is 16.6. The molecule has 0 aromatic rings. The van der Waals surface area contributed by atoms with Crippen LogP contribution in [0.5, 0.6) is 0 Å². The van der Waals surface area contributed by atoms with Crippen LogP contribution in [0.4, 0.5) is 0 Å². The Bertz CT molecular complexity index is 1340. The van der Waals surface area contributed by atoms with Crippen LogP contribution in [0.15, 0.2) is 60.8 Å². The summed E-state index contributed by atoms with van der Waals surface area (Å²) in [6, 6.07) is 0. The Balaban J connectivity index is 4.11. The molecule has 0 rings (SSSR count). The van der Waals surface area contributed by atoms with Gasteiger partial charge in [0, 0.05) is 19.3 Å². The first-order valence-corrected chi connectivity index (χ1v) is 32.8. The average Bonchev–Trinajstić information content (AvgIpc) is 3.41. The summed E-state index contributed by atoms with van der Waals surface area (Å²) < 4.78 is 16.9.